The van der Waals surface area contributed by atoms with E-state index in [1.165, 1.54) is 18.2 Å². The zero-order valence-corrected chi connectivity index (χ0v) is 40.4. The molecule has 0 bridgehead atoms. The second kappa shape index (κ2) is 26.3. The second-order valence-electron chi connectivity index (χ2n) is 17.4. The highest BCUT2D eigenvalue weighted by atomic mass is 16.6. The third-order valence-electron chi connectivity index (χ3n) is 11.7. The number of carbonyl (C=O) groups is 8. The molecule has 73 heavy (non-hydrogen) atoms. The highest BCUT2D eigenvalue weighted by molar-refractivity contribution is 5.97. The van der Waals surface area contributed by atoms with Crippen molar-refractivity contribution >= 4 is 53.3 Å². The molecule has 3 atom stereocenters. The van der Waals surface area contributed by atoms with Gasteiger partial charge in [0.2, 0.25) is 29.5 Å². The highest BCUT2D eigenvalue weighted by Gasteiger charge is 2.34. The number of hydrogen-bond donors (Lipinski definition) is 6. The molecule has 4 heterocycles. The van der Waals surface area contributed by atoms with Gasteiger partial charge in [0.05, 0.1) is 56.5 Å². The van der Waals surface area contributed by atoms with Crippen molar-refractivity contribution in [3.8, 4) is 17.1 Å². The molecule has 388 valence electrons. The van der Waals surface area contributed by atoms with E-state index in [2.05, 4.69) is 20.9 Å². The Morgan fingerprint density at radius 1 is 0.712 bits per heavy atom. The van der Waals surface area contributed by atoms with Crippen molar-refractivity contribution < 1.29 is 67.6 Å². The predicted molar refractivity (Wildman–Crippen MR) is 259 cm³/mol. The van der Waals surface area contributed by atoms with E-state index >= 15 is 0 Å². The van der Waals surface area contributed by atoms with Gasteiger partial charge in [-0.15, -0.1) is 0 Å². The summed E-state index contributed by atoms with van der Waals surface area (Å²) in [6.07, 6.45) is 0.986. The molecule has 0 spiro atoms. The average molecular weight is 1010 g/mol. The van der Waals surface area contributed by atoms with Crippen LogP contribution in [0, 0.1) is 0 Å². The van der Waals surface area contributed by atoms with E-state index in [0.29, 0.717) is 61.1 Å². The molecule has 5 amide bonds. The Morgan fingerprint density at radius 3 is 1.93 bits per heavy atom. The van der Waals surface area contributed by atoms with E-state index in [1.54, 1.807) is 22.7 Å². The monoisotopic (exact) mass is 1010 g/mol. The number of carbonyl (C=O) groups excluding carboxylic acids is 5. The van der Waals surface area contributed by atoms with E-state index < -0.39 is 85.0 Å². The summed E-state index contributed by atoms with van der Waals surface area (Å²) in [5, 5.41) is 34.9. The number of hydrogen-bond acceptors (Lipinski definition) is 14. The molecule has 6 N–H and O–H groups in total. The van der Waals surface area contributed by atoms with Gasteiger partial charge in [-0.3, -0.25) is 42.9 Å². The minimum atomic E-state index is -1.91. The number of aliphatic carboxylic acids is 3. The number of imidazole rings is 1. The topological polar surface area (TPSA) is 305 Å². The number of carboxylic acid groups (broad SMARTS) is 3. The van der Waals surface area contributed by atoms with E-state index in [-0.39, 0.29) is 38.4 Å². The fourth-order valence-corrected chi connectivity index (χ4v) is 8.15. The van der Waals surface area contributed by atoms with Crippen molar-refractivity contribution in [2.75, 3.05) is 59.5 Å². The maximum Gasteiger partial charge on any atom is 0.416 e. The van der Waals surface area contributed by atoms with Crippen molar-refractivity contribution in [2.45, 2.75) is 70.0 Å². The van der Waals surface area contributed by atoms with Crippen LogP contribution < -0.4 is 20.7 Å². The zero-order chi connectivity index (χ0) is 52.4. The van der Waals surface area contributed by atoms with Gasteiger partial charge in [0.25, 0.3) is 0 Å². The molecule has 3 aromatic heterocycles. The molecule has 23 nitrogen and oxygen atoms in total. The molecule has 23 heteroatoms. The van der Waals surface area contributed by atoms with Gasteiger partial charge in [-0.2, -0.15) is 0 Å². The number of furan rings is 1. The molecule has 2 aromatic carbocycles. The maximum atomic E-state index is 14.6. The van der Waals surface area contributed by atoms with Gasteiger partial charge in [-0.1, -0.05) is 60.7 Å². The van der Waals surface area contributed by atoms with Gasteiger partial charge in [-0.05, 0) is 30.5 Å². The van der Waals surface area contributed by atoms with Crippen LogP contribution in [0.15, 0.2) is 89.7 Å². The fraction of sp³-hybridized carbons (Fsp3) is 0.400. The molecule has 6 rings (SSSR count). The van der Waals surface area contributed by atoms with Crippen LogP contribution in [0.3, 0.4) is 0 Å². The molecular weight excluding hydrogens is 951 g/mol. The van der Waals surface area contributed by atoms with Crippen molar-refractivity contribution in [3.63, 3.8) is 0 Å². The van der Waals surface area contributed by atoms with Crippen LogP contribution in [0.1, 0.15) is 61.7 Å². The van der Waals surface area contributed by atoms with Crippen LogP contribution in [0.25, 0.3) is 16.9 Å². The van der Waals surface area contributed by atoms with E-state index in [0.717, 1.165) is 36.0 Å². The Morgan fingerprint density at radius 2 is 1.32 bits per heavy atom. The first kappa shape index (κ1) is 54.2. The first-order valence-electron chi connectivity index (χ1n) is 23.6. The quantitative estimate of drug-likeness (QED) is 0.0464. The van der Waals surface area contributed by atoms with Crippen molar-refractivity contribution in [3.05, 3.63) is 108 Å². The highest BCUT2D eigenvalue weighted by Crippen LogP contribution is 2.30. The number of rotatable bonds is 26. The molecule has 1 fully saturated rings. The first-order chi connectivity index (χ1) is 35.0. The molecule has 0 aliphatic carbocycles. The van der Waals surface area contributed by atoms with E-state index in [4.69, 9.17) is 23.9 Å². The number of nitrogens with zero attached hydrogens (tertiary/aromatic N) is 6. The van der Waals surface area contributed by atoms with Gasteiger partial charge in [-0.25, -0.2) is 14.8 Å². The molecule has 3 unspecified atom stereocenters. The van der Waals surface area contributed by atoms with Gasteiger partial charge in [0.1, 0.15) is 29.6 Å². The summed E-state index contributed by atoms with van der Waals surface area (Å²) in [6, 6.07) is 17.5. The summed E-state index contributed by atoms with van der Waals surface area (Å²) in [6.45, 7) is 4.48. The molecule has 1 aliphatic rings. The number of ether oxygens (including phenoxy) is 2. The molecule has 1 saturated heterocycles. The van der Waals surface area contributed by atoms with Crippen molar-refractivity contribution in [2.24, 2.45) is 0 Å². The fourth-order valence-electron chi connectivity index (χ4n) is 8.15. The third kappa shape index (κ3) is 16.2. The molecule has 1 aliphatic heterocycles. The minimum absolute atomic E-state index is 0.0500. The first-order valence-corrected chi connectivity index (χ1v) is 23.6. The number of fused-ring (bicyclic) bond motifs is 1. The Kier molecular flexibility index (Phi) is 19.5. The SMILES string of the molecule is CC(=O)NC(CC(=O)O)C(=O)NC(CC(=O)O)C(=O)NC(CC(=O)O)C(=O)N(C)CCCN(CCCN1CCOCC1)C(=O)Oc1c(Cc2ccco2)nc2c(Cc3ccccc3)nc(-c3ccccc3)cn12. The maximum absolute atomic E-state index is 14.6. The second-order valence-corrected chi connectivity index (χ2v) is 17.4. The zero-order valence-electron chi connectivity index (χ0n) is 40.4. The van der Waals surface area contributed by atoms with Crippen LogP contribution in [-0.4, -0.2) is 170 Å². The van der Waals surface area contributed by atoms with Crippen molar-refractivity contribution in [1.29, 1.82) is 0 Å². The summed E-state index contributed by atoms with van der Waals surface area (Å²) in [4.78, 5) is 117. The number of morpholine rings is 1. The van der Waals surface area contributed by atoms with Crippen molar-refractivity contribution in [1.82, 2.24) is 45.0 Å². The lowest BCUT2D eigenvalue weighted by Gasteiger charge is -2.29. The summed E-state index contributed by atoms with van der Waals surface area (Å²) >= 11 is 0. The third-order valence-corrected chi connectivity index (χ3v) is 11.7. The Labute approximate surface area is 419 Å². The number of likely N-dealkylation sites (N-methyl/N-ethyl adjacent to an activating group) is 1. The molecule has 0 radical (unpaired) electrons. The normalized spacial score (nSPS) is 13.8. The lowest BCUT2D eigenvalue weighted by molar-refractivity contribution is -0.145. The molecule has 5 aromatic rings. The van der Waals surface area contributed by atoms with Crippen LogP contribution >= 0.6 is 0 Å². The predicted octanol–water partition coefficient (Wildman–Crippen LogP) is 2.44. The standard InChI is InChI=1S/C50H59N9O14/c1-32(60)51-37(28-42(61)62)46(67)54-38(29-43(63)64)47(68)55-39(30-44(65)66)48(69)56(2)17-10-19-58(20-11-18-57-21-24-71-25-22-57)50(70)73-49-40(27-35-16-9-23-72-35)53-45-36(26-33-12-5-3-6-13-33)52-41(31-59(45)49)34-14-7-4-8-15-34/h3-9,12-16,23,31,37-39H,10-11,17-22,24-30H2,1-2H3,(H,51,60)(H,54,67)(H,55,68)(H,61,62)(H,63,64)(H,65,66). The summed E-state index contributed by atoms with van der Waals surface area (Å²) in [5.74, 6) is -7.97. The van der Waals surface area contributed by atoms with Gasteiger partial charge >= 0.3 is 24.0 Å². The van der Waals surface area contributed by atoms with Gasteiger partial charge in [0.15, 0.2) is 5.65 Å². The van der Waals surface area contributed by atoms with E-state index in [9.17, 15) is 53.7 Å². The number of benzene rings is 2. The number of carboxylic acids is 3. The summed E-state index contributed by atoms with van der Waals surface area (Å²) in [7, 11) is 1.36. The van der Waals surface area contributed by atoms with Crippen LogP contribution in [0.4, 0.5) is 4.79 Å². The lowest BCUT2D eigenvalue weighted by atomic mass is 10.1. The van der Waals surface area contributed by atoms with E-state index in [1.807, 2.05) is 60.7 Å². The molecule has 0 saturated carbocycles. The van der Waals surface area contributed by atoms with Gasteiger partial charge < -0.3 is 55.0 Å². The Hall–Kier alpha value is -8.18. The number of amides is 5. The average Bonchev–Trinajstić information content (AvgIpc) is 4.00. The largest absolute Gasteiger partial charge is 0.481 e. The summed E-state index contributed by atoms with van der Waals surface area (Å²) in [5.41, 5.74) is 3.94. The number of aromatic nitrogens is 3. The Bertz CT molecular complexity index is 2690. The van der Waals surface area contributed by atoms with Gasteiger partial charge in [0, 0.05) is 71.4 Å². The Balaban J connectivity index is 1.23. The minimum Gasteiger partial charge on any atom is -0.481 e. The van der Waals surface area contributed by atoms with Crippen LogP contribution in [0.5, 0.6) is 5.88 Å². The smallest absolute Gasteiger partial charge is 0.416 e. The summed E-state index contributed by atoms with van der Waals surface area (Å²) < 4.78 is 19.3. The lowest BCUT2D eigenvalue weighted by Crippen LogP contribution is -2.57. The molecular formula is C50H59N9O14. The van der Waals surface area contributed by atoms with Crippen LogP contribution in [0.2, 0.25) is 0 Å². The number of nitrogens with one attached hydrogen (secondary N) is 3. The van der Waals surface area contributed by atoms with Crippen LogP contribution in [-0.2, 0) is 51.1 Å².